The van der Waals surface area contributed by atoms with Crippen molar-refractivity contribution in [2.24, 2.45) is 0 Å². The molecule has 12 heavy (non-hydrogen) atoms. The van der Waals surface area contributed by atoms with E-state index in [9.17, 15) is 9.59 Å². The molecule has 0 unspecified atom stereocenters. The van der Waals surface area contributed by atoms with Crippen LogP contribution in [0.2, 0.25) is 0 Å². The molecular weight excluding hydrogens is 158 g/mol. The number of nitrogen functional groups attached to an aromatic ring is 1. The molecule has 1 aromatic carbocycles. The Labute approximate surface area is 66.6 Å². The van der Waals surface area contributed by atoms with Gasteiger partial charge in [0, 0.05) is 5.69 Å². The Kier molecular flexibility index (Phi) is 1.18. The molecule has 4 nitrogen and oxygen atoms in total. The van der Waals surface area contributed by atoms with Gasteiger partial charge in [0.1, 0.15) is 0 Å². The van der Waals surface area contributed by atoms with Crippen LogP contribution in [0.3, 0.4) is 0 Å². The molecule has 2 bridgehead atoms. The van der Waals surface area contributed by atoms with Gasteiger partial charge in [-0.05, 0) is 18.2 Å². The molecule has 60 valence electrons. The zero-order valence-corrected chi connectivity index (χ0v) is 6.03. The predicted molar refractivity (Wildman–Crippen MR) is 44.4 cm³/mol. The molecule has 0 saturated carbocycles. The highest BCUT2D eigenvalue weighted by Gasteiger charge is 2.04. The van der Waals surface area contributed by atoms with E-state index in [4.69, 9.17) is 5.73 Å². The van der Waals surface area contributed by atoms with Gasteiger partial charge < -0.3 is 10.2 Å². The van der Waals surface area contributed by atoms with Crippen LogP contribution in [0.4, 0.5) is 5.69 Å². The van der Waals surface area contributed by atoms with E-state index in [0.29, 0.717) is 5.39 Å². The molecule has 0 saturated heterocycles. The lowest BCUT2D eigenvalue weighted by atomic mass is 10.2. The second kappa shape index (κ2) is 2.07. The molecule has 0 atom stereocenters. The molecule has 2 N–H and O–H groups in total. The quantitative estimate of drug-likeness (QED) is 0.562. The summed E-state index contributed by atoms with van der Waals surface area (Å²) in [6, 6.07) is 4.43. The van der Waals surface area contributed by atoms with Gasteiger partial charge >= 0.3 is 11.3 Å². The Balaban J connectivity index is 3.26. The van der Waals surface area contributed by atoms with E-state index in [1.54, 1.807) is 0 Å². The van der Waals surface area contributed by atoms with Gasteiger partial charge in [0.2, 0.25) is 0 Å². The van der Waals surface area contributed by atoms with Crippen LogP contribution < -0.4 is 17.0 Å². The first-order valence-electron chi connectivity index (χ1n) is 3.34. The van der Waals surface area contributed by atoms with E-state index < -0.39 is 11.3 Å². The Hall–Kier alpha value is -1.84. The SMILES string of the molecule is Nc1cc2ccc1c(=O)oc2=O. The molecule has 4 heteroatoms. The van der Waals surface area contributed by atoms with Crippen molar-refractivity contribution in [3.63, 3.8) is 0 Å². The normalized spacial score (nSPS) is 10.7. The molecule has 2 heterocycles. The van der Waals surface area contributed by atoms with Crippen LogP contribution in [0.25, 0.3) is 10.8 Å². The van der Waals surface area contributed by atoms with Gasteiger partial charge in [-0.2, -0.15) is 0 Å². The van der Waals surface area contributed by atoms with Crippen LogP contribution in [0.1, 0.15) is 0 Å². The molecule has 3 rings (SSSR count). The summed E-state index contributed by atoms with van der Waals surface area (Å²) in [4.78, 5) is 22.0. The van der Waals surface area contributed by atoms with E-state index in [1.807, 2.05) is 0 Å². The minimum absolute atomic E-state index is 0.240. The van der Waals surface area contributed by atoms with Gasteiger partial charge in [0.25, 0.3) is 0 Å². The van der Waals surface area contributed by atoms with Crippen LogP contribution in [-0.4, -0.2) is 0 Å². The highest BCUT2D eigenvalue weighted by atomic mass is 16.4. The minimum atomic E-state index is -0.683. The largest absolute Gasteiger partial charge is 0.398 e. The van der Waals surface area contributed by atoms with Crippen LogP contribution >= 0.6 is 0 Å². The highest BCUT2D eigenvalue weighted by molar-refractivity contribution is 5.78. The van der Waals surface area contributed by atoms with Crippen molar-refractivity contribution < 1.29 is 4.42 Å². The van der Waals surface area contributed by atoms with E-state index in [1.165, 1.54) is 18.2 Å². The van der Waals surface area contributed by atoms with E-state index in [2.05, 4.69) is 4.42 Å². The molecule has 0 aliphatic heterocycles. The lowest BCUT2D eigenvalue weighted by Crippen LogP contribution is -2.02. The molecule has 0 fully saturated rings. The first kappa shape index (κ1) is 6.84. The fourth-order valence-electron chi connectivity index (χ4n) is 1.07. The molecule has 0 amide bonds. The summed E-state index contributed by atoms with van der Waals surface area (Å²) in [7, 11) is 0. The number of anilines is 1. The second-order valence-corrected chi connectivity index (χ2v) is 2.48. The van der Waals surface area contributed by atoms with Crippen LogP contribution in [-0.2, 0) is 0 Å². The number of hydrogen-bond donors (Lipinski definition) is 1. The van der Waals surface area contributed by atoms with Crippen molar-refractivity contribution in [3.8, 4) is 0 Å². The van der Waals surface area contributed by atoms with E-state index >= 15 is 0 Å². The molecule has 0 aliphatic carbocycles. The standard InChI is InChI=1S/C8H5NO3/c9-6-3-4-1-2-5(6)8(11)12-7(4)10/h1-3H,9H2. The Morgan fingerprint density at radius 2 is 1.92 bits per heavy atom. The fourth-order valence-corrected chi connectivity index (χ4v) is 1.07. The van der Waals surface area contributed by atoms with Gasteiger partial charge in [0.15, 0.2) is 0 Å². The Bertz CT molecular complexity index is 529. The first-order valence-corrected chi connectivity index (χ1v) is 3.34. The van der Waals surface area contributed by atoms with Crippen molar-refractivity contribution in [3.05, 3.63) is 39.0 Å². The zero-order chi connectivity index (χ0) is 8.72. The minimum Gasteiger partial charge on any atom is -0.398 e. The van der Waals surface area contributed by atoms with E-state index in [-0.39, 0.29) is 11.1 Å². The van der Waals surface area contributed by atoms with Crippen molar-refractivity contribution in [1.82, 2.24) is 0 Å². The van der Waals surface area contributed by atoms with Crippen molar-refractivity contribution in [1.29, 1.82) is 0 Å². The Morgan fingerprint density at radius 1 is 1.17 bits per heavy atom. The first-order chi connectivity index (χ1) is 5.68. The van der Waals surface area contributed by atoms with Crippen molar-refractivity contribution in [2.45, 2.75) is 0 Å². The summed E-state index contributed by atoms with van der Waals surface area (Å²) in [6.45, 7) is 0. The fraction of sp³-hybridized carbons (Fsp3) is 0. The smallest absolute Gasteiger partial charge is 0.348 e. The topological polar surface area (TPSA) is 73.3 Å². The van der Waals surface area contributed by atoms with Crippen LogP contribution in [0, 0.1) is 0 Å². The second-order valence-electron chi connectivity index (χ2n) is 2.48. The third-order valence-corrected chi connectivity index (χ3v) is 1.69. The molecule has 0 spiro atoms. The van der Waals surface area contributed by atoms with Gasteiger partial charge in [-0.25, -0.2) is 9.59 Å². The van der Waals surface area contributed by atoms with Gasteiger partial charge in [-0.1, -0.05) is 0 Å². The summed E-state index contributed by atoms with van der Waals surface area (Å²) < 4.78 is 4.42. The molecule has 0 aliphatic rings. The maximum Gasteiger partial charge on any atom is 0.348 e. The van der Waals surface area contributed by atoms with Gasteiger partial charge in [-0.15, -0.1) is 0 Å². The summed E-state index contributed by atoms with van der Waals surface area (Å²) in [5, 5.41) is 0.548. The third kappa shape index (κ3) is 0.780. The van der Waals surface area contributed by atoms with E-state index in [0.717, 1.165) is 0 Å². The molecule has 3 aromatic rings. The van der Waals surface area contributed by atoms with Gasteiger partial charge in [-0.3, -0.25) is 0 Å². The number of fused-ring (bicyclic) bond motifs is 4. The number of hydrogen-bond acceptors (Lipinski definition) is 4. The predicted octanol–water partition coefficient (Wildman–Crippen LogP) is 0.173. The van der Waals surface area contributed by atoms with Crippen molar-refractivity contribution in [2.75, 3.05) is 5.73 Å². The summed E-state index contributed by atoms with van der Waals surface area (Å²) in [6.07, 6.45) is 0. The van der Waals surface area contributed by atoms with Crippen LogP contribution in [0.5, 0.6) is 0 Å². The maximum absolute atomic E-state index is 11.0. The van der Waals surface area contributed by atoms with Crippen molar-refractivity contribution >= 4 is 16.5 Å². The number of benzene rings is 1. The Morgan fingerprint density at radius 3 is 2.58 bits per heavy atom. The molecular formula is C8H5NO3. The molecule has 0 radical (unpaired) electrons. The monoisotopic (exact) mass is 163 g/mol. The zero-order valence-electron chi connectivity index (χ0n) is 6.03. The summed E-state index contributed by atoms with van der Waals surface area (Å²) in [5.41, 5.74) is 4.42. The average molecular weight is 163 g/mol. The molecule has 2 aromatic heterocycles. The highest BCUT2D eigenvalue weighted by Crippen LogP contribution is 2.11. The third-order valence-electron chi connectivity index (χ3n) is 1.69. The maximum atomic E-state index is 11.0. The number of nitrogens with two attached hydrogens (primary N) is 1. The average Bonchev–Trinajstić information content (AvgIpc) is 2.19. The van der Waals surface area contributed by atoms with Crippen LogP contribution in [0.15, 0.2) is 32.2 Å². The lowest BCUT2D eigenvalue weighted by Gasteiger charge is -1.88. The van der Waals surface area contributed by atoms with Gasteiger partial charge in [0.05, 0.1) is 10.8 Å². The summed E-state index contributed by atoms with van der Waals surface area (Å²) >= 11 is 0. The lowest BCUT2D eigenvalue weighted by molar-refractivity contribution is 0.492. The number of rotatable bonds is 0. The summed E-state index contributed by atoms with van der Waals surface area (Å²) in [5.74, 6) is 0.